The maximum absolute atomic E-state index is 6.43. The summed E-state index contributed by atoms with van der Waals surface area (Å²) in [5, 5.41) is 2.01. The first-order chi connectivity index (χ1) is 27.0. The number of aromatic amines is 1. The van der Waals surface area contributed by atoms with Crippen molar-refractivity contribution in [2.75, 3.05) is 0 Å². The van der Waals surface area contributed by atoms with Gasteiger partial charge in [-0.1, -0.05) is 140 Å². The van der Waals surface area contributed by atoms with E-state index in [-0.39, 0.29) is 0 Å². The monoisotopic (exact) mass is 730 g/mol. The Labute approximate surface area is 326 Å². The van der Waals surface area contributed by atoms with E-state index in [0.717, 1.165) is 54.4 Å². The number of hydrogen-bond acceptors (Lipinski definition) is 3. The van der Waals surface area contributed by atoms with Gasteiger partial charge in [0.05, 0.1) is 0 Å². The minimum atomic E-state index is 0.462. The molecular weight excluding hydrogens is 692 g/mol. The molecule has 0 unspecified atom stereocenters. The van der Waals surface area contributed by atoms with Crippen molar-refractivity contribution in [2.45, 2.75) is 39.0 Å². The lowest BCUT2D eigenvalue weighted by atomic mass is 9.75. The highest BCUT2D eigenvalue weighted by Gasteiger charge is 2.26. The highest BCUT2D eigenvalue weighted by molar-refractivity contribution is 6.30. The van der Waals surface area contributed by atoms with Crippen LogP contribution in [0.4, 0.5) is 0 Å². The molecule has 7 aromatic rings. The number of benzene rings is 5. The van der Waals surface area contributed by atoms with Gasteiger partial charge in [-0.05, 0) is 112 Å². The molecule has 0 bridgehead atoms. The molecule has 1 atom stereocenters. The molecule has 0 spiro atoms. The summed E-state index contributed by atoms with van der Waals surface area (Å²) in [6.45, 7) is 2.34. The Morgan fingerprint density at radius 2 is 1.16 bits per heavy atom. The second-order valence-corrected chi connectivity index (χ2v) is 15.4. The zero-order valence-corrected chi connectivity index (χ0v) is 31.4. The number of halogens is 1. The summed E-state index contributed by atoms with van der Waals surface area (Å²) in [6, 6.07) is 44.0. The summed E-state index contributed by atoms with van der Waals surface area (Å²) >= 11 is 6.43. The molecule has 3 aliphatic rings. The number of rotatable bonds is 6. The number of nitrogens with zero attached hydrogens (tertiary/aromatic N) is 3. The first-order valence-electron chi connectivity index (χ1n) is 19.3. The second-order valence-electron chi connectivity index (χ2n) is 15.0. The van der Waals surface area contributed by atoms with Crippen LogP contribution in [0.5, 0.6) is 0 Å². The molecule has 0 aliphatic heterocycles. The summed E-state index contributed by atoms with van der Waals surface area (Å²) < 4.78 is 0. The van der Waals surface area contributed by atoms with Gasteiger partial charge in [0, 0.05) is 38.3 Å². The molecule has 2 aromatic heterocycles. The minimum Gasteiger partial charge on any atom is -0.355 e. The van der Waals surface area contributed by atoms with Crippen LogP contribution >= 0.6 is 11.6 Å². The number of aryl methyl sites for hydroxylation is 1. The third-order valence-corrected chi connectivity index (χ3v) is 11.6. The molecule has 266 valence electrons. The lowest BCUT2D eigenvalue weighted by Crippen LogP contribution is -2.12. The van der Waals surface area contributed by atoms with Crippen molar-refractivity contribution in [3.63, 3.8) is 0 Å². The van der Waals surface area contributed by atoms with Crippen LogP contribution in [-0.4, -0.2) is 19.9 Å². The number of para-hydroxylation sites is 1. The van der Waals surface area contributed by atoms with Gasteiger partial charge in [-0.2, -0.15) is 0 Å². The number of fused-ring (bicyclic) bond motifs is 3. The molecule has 2 heterocycles. The van der Waals surface area contributed by atoms with Crippen molar-refractivity contribution in [2.24, 2.45) is 5.92 Å². The van der Waals surface area contributed by atoms with E-state index in [1.807, 2.05) is 30.3 Å². The van der Waals surface area contributed by atoms with Gasteiger partial charge in [-0.15, -0.1) is 0 Å². The van der Waals surface area contributed by atoms with Gasteiger partial charge in [0.2, 0.25) is 0 Å². The fourth-order valence-electron chi connectivity index (χ4n) is 8.60. The standard InChI is InChI=1S/C50H39ClN4/c1-31-26-40-28-37(38-23-25-44-43-12-5-6-13-46(43)52-47(44)30-38)22-24-42(40)45(27-31)34-16-20-36(21-17-34)49-53-48(54-50(55-49)39-10-7-11-41(51)29-39)35-18-14-33(15-19-35)32-8-3-2-4-9-32/h2-21,27-31,52H,22-26H2,1H3/t31-/m0/s1. The Kier molecular flexibility index (Phi) is 8.49. The lowest BCUT2D eigenvalue weighted by molar-refractivity contribution is 0.698. The van der Waals surface area contributed by atoms with Gasteiger partial charge in [-0.3, -0.25) is 0 Å². The molecule has 5 aromatic carbocycles. The van der Waals surface area contributed by atoms with Gasteiger partial charge in [0.25, 0.3) is 0 Å². The summed E-state index contributed by atoms with van der Waals surface area (Å²) in [5.41, 5.74) is 17.6. The number of H-pyrrole nitrogens is 1. The van der Waals surface area contributed by atoms with Crippen molar-refractivity contribution in [1.82, 2.24) is 19.9 Å². The molecule has 10 rings (SSSR count). The van der Waals surface area contributed by atoms with Crippen LogP contribution in [0.3, 0.4) is 0 Å². The highest BCUT2D eigenvalue weighted by Crippen LogP contribution is 2.44. The van der Waals surface area contributed by atoms with E-state index >= 15 is 0 Å². The van der Waals surface area contributed by atoms with Gasteiger partial charge in [-0.25, -0.2) is 15.0 Å². The van der Waals surface area contributed by atoms with Crippen LogP contribution in [0.1, 0.15) is 49.4 Å². The topological polar surface area (TPSA) is 54.5 Å². The van der Waals surface area contributed by atoms with E-state index in [9.17, 15) is 0 Å². The molecule has 0 saturated heterocycles. The van der Waals surface area contributed by atoms with Crippen LogP contribution in [0.2, 0.25) is 5.02 Å². The average molecular weight is 731 g/mol. The summed E-state index contributed by atoms with van der Waals surface area (Å²) in [6.07, 6.45) is 12.8. The van der Waals surface area contributed by atoms with Gasteiger partial charge in [0.15, 0.2) is 17.5 Å². The number of nitrogens with one attached hydrogen (secondary N) is 1. The van der Waals surface area contributed by atoms with Gasteiger partial charge in [0.1, 0.15) is 0 Å². The van der Waals surface area contributed by atoms with E-state index in [1.165, 1.54) is 61.2 Å². The van der Waals surface area contributed by atoms with E-state index in [4.69, 9.17) is 26.6 Å². The summed E-state index contributed by atoms with van der Waals surface area (Å²) in [5.74, 6) is 2.31. The van der Waals surface area contributed by atoms with E-state index < -0.39 is 0 Å². The molecular formula is C50H39ClN4. The average Bonchev–Trinajstić information content (AvgIpc) is 3.61. The van der Waals surface area contributed by atoms with E-state index in [1.54, 1.807) is 0 Å². The van der Waals surface area contributed by atoms with E-state index in [0.29, 0.717) is 28.4 Å². The predicted molar refractivity (Wildman–Crippen MR) is 227 cm³/mol. The second kappa shape index (κ2) is 14.0. The summed E-state index contributed by atoms with van der Waals surface area (Å²) in [4.78, 5) is 18.6. The molecule has 0 amide bonds. The minimum absolute atomic E-state index is 0.462. The fraction of sp³-hybridized carbons (Fsp3) is 0.140. The third kappa shape index (κ3) is 6.47. The Bertz CT molecular complexity index is 2730. The first kappa shape index (κ1) is 33.5. The lowest BCUT2D eigenvalue weighted by Gasteiger charge is -2.30. The van der Waals surface area contributed by atoms with Crippen molar-refractivity contribution >= 4 is 34.2 Å². The van der Waals surface area contributed by atoms with Crippen molar-refractivity contribution in [3.8, 4) is 45.3 Å². The maximum atomic E-state index is 6.43. The van der Waals surface area contributed by atoms with Crippen molar-refractivity contribution < 1.29 is 0 Å². The Balaban J connectivity index is 0.967. The number of allylic oxidation sites excluding steroid dienone is 7. The van der Waals surface area contributed by atoms with Gasteiger partial charge >= 0.3 is 0 Å². The smallest absolute Gasteiger partial charge is 0.164 e. The SMILES string of the molecule is C[C@@H]1C=C(c2ccc(-c3nc(-c4ccc(-c5ccccc5)cc4)nc(-c4cccc(Cl)c4)n3)cc2)C2=C(C=C(C3=Cc4[nH]c5ccccc5c4CC3)CC2)C1. The normalized spacial score (nSPS) is 16.6. The zero-order chi connectivity index (χ0) is 36.9. The number of hydrogen-bond donors (Lipinski definition) is 1. The Morgan fingerprint density at radius 3 is 1.91 bits per heavy atom. The van der Waals surface area contributed by atoms with Crippen molar-refractivity contribution in [1.29, 1.82) is 0 Å². The molecule has 0 radical (unpaired) electrons. The Morgan fingerprint density at radius 1 is 0.564 bits per heavy atom. The van der Waals surface area contributed by atoms with Crippen LogP contribution < -0.4 is 0 Å². The molecule has 4 nitrogen and oxygen atoms in total. The van der Waals surface area contributed by atoms with Crippen molar-refractivity contribution in [3.05, 3.63) is 184 Å². The molecule has 0 saturated carbocycles. The van der Waals surface area contributed by atoms with E-state index in [2.05, 4.69) is 127 Å². The summed E-state index contributed by atoms with van der Waals surface area (Å²) in [7, 11) is 0. The van der Waals surface area contributed by atoms with Crippen LogP contribution in [-0.2, 0) is 6.42 Å². The molecule has 0 fully saturated rings. The van der Waals surface area contributed by atoms with Gasteiger partial charge < -0.3 is 4.98 Å². The fourth-order valence-corrected chi connectivity index (χ4v) is 8.79. The molecule has 5 heteroatoms. The predicted octanol–water partition coefficient (Wildman–Crippen LogP) is 13.1. The molecule has 3 aliphatic carbocycles. The quantitative estimate of drug-likeness (QED) is 0.185. The number of aromatic nitrogens is 4. The van der Waals surface area contributed by atoms with Crippen LogP contribution in [0.25, 0.3) is 67.8 Å². The first-order valence-corrected chi connectivity index (χ1v) is 19.6. The Hall–Kier alpha value is -6.10. The molecule has 1 N–H and O–H groups in total. The highest BCUT2D eigenvalue weighted by atomic mass is 35.5. The van der Waals surface area contributed by atoms with Crippen LogP contribution in [0, 0.1) is 5.92 Å². The maximum Gasteiger partial charge on any atom is 0.164 e. The third-order valence-electron chi connectivity index (χ3n) is 11.3. The molecule has 55 heavy (non-hydrogen) atoms. The zero-order valence-electron chi connectivity index (χ0n) is 30.7. The largest absolute Gasteiger partial charge is 0.355 e. The van der Waals surface area contributed by atoms with Crippen LogP contribution in [0.15, 0.2) is 162 Å².